The predicted octanol–water partition coefficient (Wildman–Crippen LogP) is 5.08. The van der Waals surface area contributed by atoms with Gasteiger partial charge in [0.25, 0.3) is 0 Å². The third-order valence-corrected chi connectivity index (χ3v) is 3.78. The van der Waals surface area contributed by atoms with Crippen LogP contribution in [0, 0.1) is 11.6 Å². The molecule has 2 aromatic rings. The second-order valence-corrected chi connectivity index (χ2v) is 5.65. The Balaban J connectivity index is 2.47. The summed E-state index contributed by atoms with van der Waals surface area (Å²) in [5.74, 6) is -1.72. The molecule has 0 aliphatic rings. The van der Waals surface area contributed by atoms with E-state index < -0.39 is 11.6 Å². The zero-order valence-electron chi connectivity index (χ0n) is 10.8. The van der Waals surface area contributed by atoms with E-state index in [-0.39, 0.29) is 6.04 Å². The Morgan fingerprint density at radius 2 is 1.90 bits per heavy atom. The highest BCUT2D eigenvalue weighted by Crippen LogP contribution is 2.31. The van der Waals surface area contributed by atoms with Gasteiger partial charge in [0.2, 0.25) is 0 Å². The number of rotatable bonds is 4. The van der Waals surface area contributed by atoms with Crippen molar-refractivity contribution < 1.29 is 8.78 Å². The second-order valence-electron chi connectivity index (χ2n) is 4.33. The summed E-state index contributed by atoms with van der Waals surface area (Å²) in [5, 5.41) is 3.80. The molecule has 2 aromatic carbocycles. The molecule has 0 aliphatic carbocycles. The Bertz CT molecular complexity index is 619. The second kappa shape index (κ2) is 6.66. The van der Waals surface area contributed by atoms with Crippen molar-refractivity contribution >= 4 is 27.5 Å². The first kappa shape index (κ1) is 15.4. The molecular formula is C15H13BrClF2N. The van der Waals surface area contributed by atoms with E-state index in [0.717, 1.165) is 16.1 Å². The average molecular weight is 361 g/mol. The fourth-order valence-corrected chi connectivity index (χ4v) is 2.82. The Kier molecular flexibility index (Phi) is 5.13. The predicted molar refractivity (Wildman–Crippen MR) is 81.0 cm³/mol. The van der Waals surface area contributed by atoms with Crippen LogP contribution in [0.4, 0.5) is 8.78 Å². The van der Waals surface area contributed by atoms with E-state index in [1.165, 1.54) is 6.07 Å². The molecule has 20 heavy (non-hydrogen) atoms. The van der Waals surface area contributed by atoms with Crippen molar-refractivity contribution in [3.05, 3.63) is 68.7 Å². The summed E-state index contributed by atoms with van der Waals surface area (Å²) in [6.07, 6.45) is 0. The van der Waals surface area contributed by atoms with Gasteiger partial charge < -0.3 is 5.32 Å². The van der Waals surface area contributed by atoms with E-state index in [2.05, 4.69) is 21.2 Å². The molecule has 0 saturated carbocycles. The first-order chi connectivity index (χ1) is 9.52. The summed E-state index contributed by atoms with van der Waals surface area (Å²) < 4.78 is 27.3. The van der Waals surface area contributed by atoms with Crippen LogP contribution in [0.25, 0.3) is 0 Å². The minimum atomic E-state index is -0.862. The van der Waals surface area contributed by atoms with E-state index in [9.17, 15) is 8.78 Å². The van der Waals surface area contributed by atoms with Gasteiger partial charge in [0, 0.05) is 9.50 Å². The number of benzene rings is 2. The van der Waals surface area contributed by atoms with Gasteiger partial charge in [-0.25, -0.2) is 8.78 Å². The van der Waals surface area contributed by atoms with Crippen LogP contribution in [0.2, 0.25) is 5.02 Å². The lowest BCUT2D eigenvalue weighted by molar-refractivity contribution is 0.504. The van der Waals surface area contributed by atoms with Crippen molar-refractivity contribution in [2.75, 3.05) is 6.54 Å². The van der Waals surface area contributed by atoms with Crippen LogP contribution in [0.3, 0.4) is 0 Å². The van der Waals surface area contributed by atoms with Crippen molar-refractivity contribution in [3.63, 3.8) is 0 Å². The van der Waals surface area contributed by atoms with Crippen molar-refractivity contribution in [1.29, 1.82) is 0 Å². The molecule has 106 valence electrons. The Morgan fingerprint density at radius 1 is 1.15 bits per heavy atom. The topological polar surface area (TPSA) is 12.0 Å². The van der Waals surface area contributed by atoms with Gasteiger partial charge in [0.05, 0.1) is 6.04 Å². The fourth-order valence-electron chi connectivity index (χ4n) is 2.04. The monoisotopic (exact) mass is 359 g/mol. The lowest BCUT2D eigenvalue weighted by atomic mass is 9.98. The third-order valence-electron chi connectivity index (χ3n) is 2.96. The largest absolute Gasteiger partial charge is 0.306 e. The highest BCUT2D eigenvalue weighted by molar-refractivity contribution is 9.10. The Labute approximate surface area is 130 Å². The quantitative estimate of drug-likeness (QED) is 0.802. The Morgan fingerprint density at radius 3 is 2.50 bits per heavy atom. The summed E-state index contributed by atoms with van der Waals surface area (Å²) in [6.45, 7) is 2.62. The number of hydrogen-bond acceptors (Lipinski definition) is 1. The number of hydrogen-bond donors (Lipinski definition) is 1. The van der Waals surface area contributed by atoms with Gasteiger partial charge in [-0.2, -0.15) is 0 Å². The highest BCUT2D eigenvalue weighted by Gasteiger charge is 2.17. The molecule has 1 N–H and O–H groups in total. The van der Waals surface area contributed by atoms with Gasteiger partial charge in [-0.3, -0.25) is 0 Å². The van der Waals surface area contributed by atoms with E-state index in [1.807, 2.05) is 19.1 Å². The SMILES string of the molecule is CCNC(c1ccc(F)c(F)c1)c1ccc(Br)cc1Cl. The average Bonchev–Trinajstić information content (AvgIpc) is 2.40. The summed E-state index contributed by atoms with van der Waals surface area (Å²) in [5.41, 5.74) is 1.46. The van der Waals surface area contributed by atoms with E-state index in [1.54, 1.807) is 12.1 Å². The van der Waals surface area contributed by atoms with Gasteiger partial charge in [-0.15, -0.1) is 0 Å². The minimum Gasteiger partial charge on any atom is -0.306 e. The zero-order valence-corrected chi connectivity index (χ0v) is 13.1. The summed E-state index contributed by atoms with van der Waals surface area (Å²) in [4.78, 5) is 0. The maximum absolute atomic E-state index is 13.4. The molecular weight excluding hydrogens is 348 g/mol. The first-order valence-electron chi connectivity index (χ1n) is 6.16. The number of halogens is 4. The van der Waals surface area contributed by atoms with Crippen LogP contribution >= 0.6 is 27.5 Å². The van der Waals surface area contributed by atoms with Crippen LogP contribution in [0.1, 0.15) is 24.1 Å². The lowest BCUT2D eigenvalue weighted by Crippen LogP contribution is -2.22. The molecule has 1 nitrogen and oxygen atoms in total. The molecule has 1 atom stereocenters. The maximum atomic E-state index is 13.4. The van der Waals surface area contributed by atoms with Crippen LogP contribution in [0.15, 0.2) is 40.9 Å². The molecule has 5 heteroatoms. The van der Waals surface area contributed by atoms with Crippen molar-refractivity contribution in [1.82, 2.24) is 5.32 Å². The molecule has 0 saturated heterocycles. The van der Waals surface area contributed by atoms with Crippen LogP contribution < -0.4 is 5.32 Å². The summed E-state index contributed by atoms with van der Waals surface area (Å²) in [6, 6.07) is 9.11. The van der Waals surface area contributed by atoms with E-state index in [0.29, 0.717) is 17.1 Å². The molecule has 0 fully saturated rings. The van der Waals surface area contributed by atoms with Crippen molar-refractivity contribution in [3.8, 4) is 0 Å². The molecule has 0 aliphatic heterocycles. The molecule has 1 unspecified atom stereocenters. The van der Waals surface area contributed by atoms with E-state index in [4.69, 9.17) is 11.6 Å². The molecule has 0 radical (unpaired) electrons. The molecule has 0 bridgehead atoms. The smallest absolute Gasteiger partial charge is 0.159 e. The standard InChI is InChI=1S/C15H13BrClF2N/c1-2-20-15(9-3-6-13(18)14(19)7-9)11-5-4-10(16)8-12(11)17/h3-8,15,20H,2H2,1H3. The third kappa shape index (κ3) is 3.37. The summed E-state index contributed by atoms with van der Waals surface area (Å²) >= 11 is 9.59. The first-order valence-corrected chi connectivity index (χ1v) is 7.33. The van der Waals surface area contributed by atoms with Gasteiger partial charge in [-0.05, 0) is 41.9 Å². The van der Waals surface area contributed by atoms with Crippen LogP contribution in [-0.4, -0.2) is 6.54 Å². The zero-order chi connectivity index (χ0) is 14.7. The van der Waals surface area contributed by atoms with Crippen LogP contribution in [-0.2, 0) is 0 Å². The van der Waals surface area contributed by atoms with Crippen molar-refractivity contribution in [2.45, 2.75) is 13.0 Å². The highest BCUT2D eigenvalue weighted by atomic mass is 79.9. The van der Waals surface area contributed by atoms with Crippen molar-refractivity contribution in [2.24, 2.45) is 0 Å². The van der Waals surface area contributed by atoms with Gasteiger partial charge in [-0.1, -0.05) is 46.6 Å². The van der Waals surface area contributed by atoms with Gasteiger partial charge >= 0.3 is 0 Å². The lowest BCUT2D eigenvalue weighted by Gasteiger charge is -2.20. The molecule has 2 rings (SSSR count). The van der Waals surface area contributed by atoms with E-state index >= 15 is 0 Å². The summed E-state index contributed by atoms with van der Waals surface area (Å²) in [7, 11) is 0. The fraction of sp³-hybridized carbons (Fsp3) is 0.200. The Hall–Kier alpha value is -0.970. The van der Waals surface area contributed by atoms with Gasteiger partial charge in [0.15, 0.2) is 11.6 Å². The maximum Gasteiger partial charge on any atom is 0.159 e. The molecule has 0 heterocycles. The molecule has 0 aromatic heterocycles. The minimum absolute atomic E-state index is 0.282. The normalized spacial score (nSPS) is 12.4. The van der Waals surface area contributed by atoms with Crippen LogP contribution in [0.5, 0.6) is 0 Å². The molecule has 0 amide bonds. The van der Waals surface area contributed by atoms with Gasteiger partial charge in [0.1, 0.15) is 0 Å². The molecule has 0 spiro atoms. The number of nitrogens with one attached hydrogen (secondary N) is 1.